The fraction of sp³-hybridized carbons (Fsp3) is 0. The molecule has 9 heterocycles. The van der Waals surface area contributed by atoms with Gasteiger partial charge in [-0.25, -0.2) is 34.9 Å². The van der Waals surface area contributed by atoms with E-state index in [0.29, 0.717) is 5.82 Å². The second-order valence-corrected chi connectivity index (χ2v) is 30.4. The summed E-state index contributed by atoms with van der Waals surface area (Å²) >= 11 is 10.9. The Morgan fingerprint density at radius 1 is 0.184 bits per heavy atom. The van der Waals surface area contributed by atoms with Crippen LogP contribution in [0.25, 0.3) is 184 Å². The SMILES string of the molecule is Brc1ccc2c3cccnc3n(-c3ccc(-c4cc(-c5ccccc5)cc(-c5ccccc5)n4)cc3)c2c1.Brc1ccc2c3cccnc3n(-c3ccc(-c4cc(-c5ccccc5)nc(-c5ccccc5)c4)cc3)c2c1.Brc1ccc2c3cccnc3n(-c3ccc(-c4cc(-c5ccccc5)nc(-c5ccccc5)n4)cc3)c2c1. The number of aromatic nitrogens is 10. The Hall–Kier alpha value is -13.7. The minimum atomic E-state index is 0.711. The maximum Gasteiger partial charge on any atom is 0.160 e. The van der Waals surface area contributed by atoms with Crippen molar-refractivity contribution in [2.24, 2.45) is 0 Å². The molecule has 0 saturated carbocycles. The highest BCUT2D eigenvalue weighted by molar-refractivity contribution is 9.11. The van der Waals surface area contributed by atoms with Gasteiger partial charge in [0.25, 0.3) is 0 Å². The summed E-state index contributed by atoms with van der Waals surface area (Å²) in [5.74, 6) is 0.711. The molecule has 540 valence electrons. The number of hydrogen-bond acceptors (Lipinski definition) is 7. The molecule has 13 heteroatoms. The van der Waals surface area contributed by atoms with Gasteiger partial charge in [0.1, 0.15) is 16.9 Å². The van der Waals surface area contributed by atoms with Gasteiger partial charge in [-0.05, 0) is 162 Å². The summed E-state index contributed by atoms with van der Waals surface area (Å²) in [5, 5.41) is 6.97. The molecule has 0 atom stereocenters. The summed E-state index contributed by atoms with van der Waals surface area (Å²) in [4.78, 5) is 34.2. The van der Waals surface area contributed by atoms with Gasteiger partial charge in [0.15, 0.2) is 5.82 Å². The van der Waals surface area contributed by atoms with Crippen LogP contribution in [0.1, 0.15) is 0 Å². The Labute approximate surface area is 683 Å². The second kappa shape index (κ2) is 31.2. The standard InChI is InChI=1S/2C34H22BrN3.C33H21BrN4/c35-27-15-18-29-30-12-7-19-36-34(30)38(33(29)22-27)28-16-13-23(14-17-28)26-20-31(24-8-3-1-4-9-24)37-32(21-26)25-10-5-2-6-11-25;35-27-15-18-29-30-12-7-19-36-34(30)38(33(29)22-27)28-16-13-25(14-17-28)32-21-26(23-8-3-1-4-9-23)20-31(37-32)24-10-5-2-6-11-24;34-25-15-18-27-28-12-7-19-35-33(28)38(31(27)20-25)26-16-13-23(14-17-26)30-21-29(22-8-3-1-4-9-22)36-32(37-30)24-10-5-2-6-11-24/h2*1-22H;1-21H. The van der Waals surface area contributed by atoms with Gasteiger partial charge in [0.2, 0.25) is 0 Å². The van der Waals surface area contributed by atoms with E-state index in [2.05, 4.69) is 347 Å². The van der Waals surface area contributed by atoms with Crippen LogP contribution in [0.5, 0.6) is 0 Å². The van der Waals surface area contributed by atoms with Crippen LogP contribution in [0.2, 0.25) is 0 Å². The van der Waals surface area contributed by atoms with Gasteiger partial charge in [0.05, 0.1) is 50.7 Å². The Morgan fingerprint density at radius 2 is 0.439 bits per heavy atom. The number of benzene rings is 12. The number of pyridine rings is 5. The Bertz CT molecular complexity index is 6230. The van der Waals surface area contributed by atoms with Crippen LogP contribution in [-0.2, 0) is 0 Å². The van der Waals surface area contributed by atoms with Crippen molar-refractivity contribution in [1.82, 2.24) is 48.6 Å². The van der Waals surface area contributed by atoms with Gasteiger partial charge < -0.3 is 0 Å². The average Bonchev–Trinajstić information content (AvgIpc) is 1.60. The van der Waals surface area contributed by atoms with Gasteiger partial charge in [-0.15, -0.1) is 0 Å². The van der Waals surface area contributed by atoms with E-state index in [4.69, 9.17) is 34.9 Å². The first-order valence-electron chi connectivity index (χ1n) is 37.5. The molecule has 0 N–H and O–H groups in total. The van der Waals surface area contributed by atoms with E-state index in [9.17, 15) is 0 Å². The average molecular weight is 1660 g/mol. The highest BCUT2D eigenvalue weighted by atomic mass is 79.9. The normalized spacial score (nSPS) is 11.3. The molecule has 0 fully saturated rings. The molecule has 12 aromatic carbocycles. The third-order valence-electron chi connectivity index (χ3n) is 20.6. The zero-order valence-electron chi connectivity index (χ0n) is 61.1. The van der Waals surface area contributed by atoms with Crippen LogP contribution in [0.15, 0.2) is 408 Å². The molecular formula is C101H65Br3N10. The lowest BCUT2D eigenvalue weighted by atomic mass is 10.00. The summed E-state index contributed by atoms with van der Waals surface area (Å²) in [5.41, 5.74) is 27.0. The van der Waals surface area contributed by atoms with Gasteiger partial charge in [-0.1, -0.05) is 284 Å². The van der Waals surface area contributed by atoms with Crippen LogP contribution in [-0.4, -0.2) is 48.6 Å². The molecule has 0 bridgehead atoms. The number of rotatable bonds is 12. The molecule has 0 amide bonds. The Kier molecular flexibility index (Phi) is 19.4. The van der Waals surface area contributed by atoms with Gasteiger partial charge >= 0.3 is 0 Å². The second-order valence-electron chi connectivity index (χ2n) is 27.7. The lowest BCUT2D eigenvalue weighted by Crippen LogP contribution is -1.97. The van der Waals surface area contributed by atoms with Gasteiger partial charge in [-0.3, -0.25) is 13.7 Å². The summed E-state index contributed by atoms with van der Waals surface area (Å²) < 4.78 is 9.79. The number of fused-ring (bicyclic) bond motifs is 9. The first-order valence-corrected chi connectivity index (χ1v) is 39.8. The third kappa shape index (κ3) is 14.2. The highest BCUT2D eigenvalue weighted by Gasteiger charge is 2.20. The Morgan fingerprint density at radius 3 is 0.746 bits per heavy atom. The molecule has 10 nitrogen and oxygen atoms in total. The zero-order chi connectivity index (χ0) is 76.4. The zero-order valence-corrected chi connectivity index (χ0v) is 65.9. The Balaban J connectivity index is 0.000000115. The molecule has 0 spiro atoms. The predicted octanol–water partition coefficient (Wildman–Crippen LogP) is 27.4. The van der Waals surface area contributed by atoms with E-state index < -0.39 is 0 Å². The maximum absolute atomic E-state index is 5.08. The molecule has 21 aromatic rings. The predicted molar refractivity (Wildman–Crippen MR) is 479 cm³/mol. The van der Waals surface area contributed by atoms with Crippen LogP contribution in [0.4, 0.5) is 0 Å². The minimum Gasteiger partial charge on any atom is -0.294 e. The topological polar surface area (TPSA) is 105 Å². The van der Waals surface area contributed by atoms with E-state index in [-0.39, 0.29) is 0 Å². The van der Waals surface area contributed by atoms with E-state index in [1.165, 1.54) is 21.7 Å². The van der Waals surface area contributed by atoms with Gasteiger partial charge in [-0.2, -0.15) is 0 Å². The summed E-state index contributed by atoms with van der Waals surface area (Å²) in [7, 11) is 0. The molecule has 0 radical (unpaired) electrons. The van der Waals surface area contributed by atoms with Crippen LogP contribution in [0.3, 0.4) is 0 Å². The molecule has 9 aromatic heterocycles. The lowest BCUT2D eigenvalue weighted by molar-refractivity contribution is 1.13. The molecule has 0 saturated heterocycles. The number of nitrogens with zero attached hydrogens (tertiary/aromatic N) is 10. The van der Waals surface area contributed by atoms with E-state index in [1.807, 2.05) is 110 Å². The molecule has 0 aliphatic rings. The van der Waals surface area contributed by atoms with Crippen molar-refractivity contribution in [1.29, 1.82) is 0 Å². The quantitative estimate of drug-likeness (QED) is 0.120. The third-order valence-corrected chi connectivity index (χ3v) is 22.0. The van der Waals surface area contributed by atoms with E-state index >= 15 is 0 Å². The van der Waals surface area contributed by atoms with Crippen molar-refractivity contribution >= 4 is 114 Å². The molecule has 0 aliphatic heterocycles. The number of hydrogen-bond donors (Lipinski definition) is 0. The van der Waals surface area contributed by atoms with Crippen molar-refractivity contribution in [3.8, 4) is 118 Å². The molecular weight excluding hydrogens is 1590 g/mol. The summed E-state index contributed by atoms with van der Waals surface area (Å²) in [6, 6.07) is 130. The molecule has 0 unspecified atom stereocenters. The maximum atomic E-state index is 5.08. The summed E-state index contributed by atoms with van der Waals surface area (Å²) in [6.07, 6.45) is 5.55. The lowest BCUT2D eigenvalue weighted by Gasteiger charge is -2.12. The van der Waals surface area contributed by atoms with E-state index in [0.717, 1.165) is 170 Å². The number of halogens is 3. The fourth-order valence-corrected chi connectivity index (χ4v) is 16.2. The van der Waals surface area contributed by atoms with Crippen LogP contribution >= 0.6 is 47.8 Å². The molecule has 0 aliphatic carbocycles. The van der Waals surface area contributed by atoms with Crippen LogP contribution < -0.4 is 0 Å². The molecule has 21 rings (SSSR count). The van der Waals surface area contributed by atoms with E-state index in [1.54, 1.807) is 0 Å². The van der Waals surface area contributed by atoms with Crippen molar-refractivity contribution < 1.29 is 0 Å². The van der Waals surface area contributed by atoms with Crippen molar-refractivity contribution in [2.45, 2.75) is 0 Å². The molecule has 114 heavy (non-hydrogen) atoms. The first-order chi connectivity index (χ1) is 56.2. The minimum absolute atomic E-state index is 0.711. The largest absolute Gasteiger partial charge is 0.294 e. The summed E-state index contributed by atoms with van der Waals surface area (Å²) in [6.45, 7) is 0. The fourth-order valence-electron chi connectivity index (χ4n) is 15.1. The van der Waals surface area contributed by atoms with Crippen molar-refractivity contribution in [3.63, 3.8) is 0 Å². The highest BCUT2D eigenvalue weighted by Crippen LogP contribution is 2.40. The van der Waals surface area contributed by atoms with Crippen LogP contribution in [0, 0.1) is 0 Å². The first kappa shape index (κ1) is 70.7. The monoisotopic (exact) mass is 1650 g/mol. The smallest absolute Gasteiger partial charge is 0.160 e. The van der Waals surface area contributed by atoms with Crippen molar-refractivity contribution in [2.75, 3.05) is 0 Å². The van der Waals surface area contributed by atoms with Crippen molar-refractivity contribution in [3.05, 3.63) is 408 Å². The van der Waals surface area contributed by atoms with Gasteiger partial charge in [0, 0.05) is 120 Å².